The molecule has 0 saturated heterocycles. The molecule has 0 bridgehead atoms. The van der Waals surface area contributed by atoms with Gasteiger partial charge in [-0.15, -0.1) is 11.3 Å². The fourth-order valence-electron chi connectivity index (χ4n) is 3.13. The summed E-state index contributed by atoms with van der Waals surface area (Å²) >= 11 is 1.13. The first-order valence-corrected chi connectivity index (χ1v) is 9.86. The molecular formula is C21H16F3N3O3S. The van der Waals surface area contributed by atoms with Crippen molar-refractivity contribution in [3.63, 3.8) is 0 Å². The molecule has 0 radical (unpaired) electrons. The summed E-state index contributed by atoms with van der Waals surface area (Å²) in [4.78, 5) is 20.0. The van der Waals surface area contributed by atoms with Crippen LogP contribution in [0.4, 0.5) is 18.3 Å². The number of ether oxygens (including phenoxy) is 2. The number of para-hydroxylation sites is 1. The van der Waals surface area contributed by atoms with Crippen molar-refractivity contribution in [1.82, 2.24) is 9.97 Å². The number of halogens is 3. The Balaban J connectivity index is 1.64. The molecule has 4 rings (SSSR count). The van der Waals surface area contributed by atoms with Crippen molar-refractivity contribution in [1.29, 1.82) is 0 Å². The van der Waals surface area contributed by atoms with E-state index in [1.54, 1.807) is 11.4 Å². The molecular weight excluding hydrogens is 431 g/mol. The topological polar surface area (TPSA) is 76.2 Å². The number of methoxy groups -OCH3 is 2. The highest BCUT2D eigenvalue weighted by atomic mass is 32.1. The maximum atomic E-state index is 13.2. The Kier molecular flexibility index (Phi) is 5.32. The summed E-state index contributed by atoms with van der Waals surface area (Å²) in [5.41, 5.74) is 0.876. The van der Waals surface area contributed by atoms with Gasteiger partial charge in [-0.1, -0.05) is 18.2 Å². The third-order valence-corrected chi connectivity index (χ3v) is 5.35. The van der Waals surface area contributed by atoms with Gasteiger partial charge in [0.25, 0.3) is 5.91 Å². The molecule has 0 aliphatic heterocycles. The zero-order valence-corrected chi connectivity index (χ0v) is 17.1. The summed E-state index contributed by atoms with van der Waals surface area (Å²) < 4.78 is 49.8. The van der Waals surface area contributed by atoms with Gasteiger partial charge in [0.1, 0.15) is 17.2 Å². The SMILES string of the molecule is COc1cc(C(F)(F)F)cc(OC)c1-c1csc(NC(=O)c2cc3ccccc3[nH]2)n1. The van der Waals surface area contributed by atoms with Gasteiger partial charge in [-0.3, -0.25) is 10.1 Å². The van der Waals surface area contributed by atoms with Crippen LogP contribution in [0.25, 0.3) is 22.2 Å². The summed E-state index contributed by atoms with van der Waals surface area (Å²) in [6.45, 7) is 0. The van der Waals surface area contributed by atoms with Gasteiger partial charge in [0.2, 0.25) is 0 Å². The number of anilines is 1. The van der Waals surface area contributed by atoms with Crippen LogP contribution in [0, 0.1) is 0 Å². The zero-order chi connectivity index (χ0) is 22.2. The number of aromatic nitrogens is 2. The molecule has 10 heteroatoms. The number of carbonyl (C=O) groups is 1. The van der Waals surface area contributed by atoms with Gasteiger partial charge in [-0.2, -0.15) is 13.2 Å². The normalized spacial score (nSPS) is 11.5. The third-order valence-electron chi connectivity index (χ3n) is 4.59. The van der Waals surface area contributed by atoms with E-state index in [-0.39, 0.29) is 28.1 Å². The van der Waals surface area contributed by atoms with Crippen molar-refractivity contribution in [2.24, 2.45) is 0 Å². The zero-order valence-electron chi connectivity index (χ0n) is 16.3. The molecule has 0 unspecified atom stereocenters. The highest BCUT2D eigenvalue weighted by Crippen LogP contribution is 2.44. The number of amides is 1. The molecule has 0 saturated carbocycles. The predicted molar refractivity (Wildman–Crippen MR) is 112 cm³/mol. The highest BCUT2D eigenvalue weighted by molar-refractivity contribution is 7.14. The monoisotopic (exact) mass is 447 g/mol. The second kappa shape index (κ2) is 7.95. The summed E-state index contributed by atoms with van der Waals surface area (Å²) in [6, 6.07) is 11.0. The summed E-state index contributed by atoms with van der Waals surface area (Å²) in [7, 11) is 2.53. The lowest BCUT2D eigenvalue weighted by Crippen LogP contribution is -2.12. The second-order valence-electron chi connectivity index (χ2n) is 6.52. The molecule has 4 aromatic rings. The minimum atomic E-state index is -4.56. The fourth-order valence-corrected chi connectivity index (χ4v) is 3.83. The van der Waals surface area contributed by atoms with Crippen LogP contribution in [0.15, 0.2) is 47.8 Å². The fraction of sp³-hybridized carbons (Fsp3) is 0.143. The van der Waals surface area contributed by atoms with Crippen LogP contribution in [0.2, 0.25) is 0 Å². The maximum Gasteiger partial charge on any atom is 0.416 e. The third kappa shape index (κ3) is 4.06. The first kappa shape index (κ1) is 20.7. The molecule has 2 aromatic heterocycles. The molecule has 6 nitrogen and oxygen atoms in total. The number of thiazole rings is 1. The van der Waals surface area contributed by atoms with E-state index < -0.39 is 11.7 Å². The number of fused-ring (bicyclic) bond motifs is 1. The van der Waals surface area contributed by atoms with E-state index >= 15 is 0 Å². The largest absolute Gasteiger partial charge is 0.496 e. The molecule has 0 spiro atoms. The van der Waals surface area contributed by atoms with E-state index in [4.69, 9.17) is 9.47 Å². The maximum absolute atomic E-state index is 13.2. The number of carbonyl (C=O) groups excluding carboxylic acids is 1. The number of aromatic amines is 1. The minimum absolute atomic E-state index is 0.0366. The van der Waals surface area contributed by atoms with E-state index in [1.165, 1.54) is 14.2 Å². The van der Waals surface area contributed by atoms with Crippen molar-refractivity contribution in [2.45, 2.75) is 6.18 Å². The second-order valence-corrected chi connectivity index (χ2v) is 7.37. The van der Waals surface area contributed by atoms with Crippen molar-refractivity contribution in [2.75, 3.05) is 19.5 Å². The lowest BCUT2D eigenvalue weighted by molar-refractivity contribution is -0.137. The van der Waals surface area contributed by atoms with Crippen LogP contribution in [0.5, 0.6) is 11.5 Å². The minimum Gasteiger partial charge on any atom is -0.496 e. The van der Waals surface area contributed by atoms with Crippen molar-refractivity contribution < 1.29 is 27.4 Å². The number of alkyl halides is 3. The van der Waals surface area contributed by atoms with E-state index in [9.17, 15) is 18.0 Å². The van der Waals surface area contributed by atoms with Crippen LogP contribution >= 0.6 is 11.3 Å². The van der Waals surface area contributed by atoms with Crippen LogP contribution in [0.3, 0.4) is 0 Å². The van der Waals surface area contributed by atoms with Crippen LogP contribution in [-0.4, -0.2) is 30.1 Å². The number of hydrogen-bond acceptors (Lipinski definition) is 5. The lowest BCUT2D eigenvalue weighted by atomic mass is 10.1. The molecule has 0 aliphatic rings. The quantitative estimate of drug-likeness (QED) is 0.419. The predicted octanol–water partition coefficient (Wildman–Crippen LogP) is 5.58. The van der Waals surface area contributed by atoms with Gasteiger partial charge in [0.05, 0.1) is 31.0 Å². The average Bonchev–Trinajstić information content (AvgIpc) is 3.38. The van der Waals surface area contributed by atoms with Gasteiger partial charge in [0.15, 0.2) is 5.13 Å². The number of H-pyrrole nitrogens is 1. The Morgan fingerprint density at radius 2 is 1.77 bits per heavy atom. The number of hydrogen-bond donors (Lipinski definition) is 2. The van der Waals surface area contributed by atoms with Crippen LogP contribution in [0.1, 0.15) is 16.1 Å². The number of benzene rings is 2. The number of rotatable bonds is 5. The smallest absolute Gasteiger partial charge is 0.416 e. The van der Waals surface area contributed by atoms with Gasteiger partial charge in [-0.25, -0.2) is 4.98 Å². The molecule has 2 aromatic carbocycles. The van der Waals surface area contributed by atoms with Gasteiger partial charge >= 0.3 is 6.18 Å². The van der Waals surface area contributed by atoms with E-state index in [1.807, 2.05) is 24.3 Å². The average molecular weight is 447 g/mol. The molecule has 0 fully saturated rings. The molecule has 31 heavy (non-hydrogen) atoms. The van der Waals surface area contributed by atoms with Gasteiger partial charge < -0.3 is 14.5 Å². The summed E-state index contributed by atoms with van der Waals surface area (Å²) in [5, 5.41) is 5.48. The molecule has 0 atom stereocenters. The Bertz CT molecular complexity index is 1210. The number of nitrogens with zero attached hydrogens (tertiary/aromatic N) is 1. The van der Waals surface area contributed by atoms with Crippen molar-refractivity contribution in [3.05, 3.63) is 59.1 Å². The van der Waals surface area contributed by atoms with E-state index in [0.29, 0.717) is 11.4 Å². The molecule has 160 valence electrons. The van der Waals surface area contributed by atoms with Gasteiger partial charge in [0, 0.05) is 16.3 Å². The lowest BCUT2D eigenvalue weighted by Gasteiger charge is -2.15. The van der Waals surface area contributed by atoms with Crippen LogP contribution in [-0.2, 0) is 6.18 Å². The van der Waals surface area contributed by atoms with Crippen LogP contribution < -0.4 is 14.8 Å². The summed E-state index contributed by atoms with van der Waals surface area (Å²) in [5.74, 6) is -0.459. The highest BCUT2D eigenvalue weighted by Gasteiger charge is 2.33. The first-order chi connectivity index (χ1) is 14.8. The molecule has 0 aliphatic carbocycles. The van der Waals surface area contributed by atoms with Gasteiger partial charge in [-0.05, 0) is 24.3 Å². The molecule has 1 amide bonds. The first-order valence-electron chi connectivity index (χ1n) is 8.98. The van der Waals surface area contributed by atoms with E-state index in [2.05, 4.69) is 15.3 Å². The molecule has 2 N–H and O–H groups in total. The Morgan fingerprint density at radius 3 is 2.39 bits per heavy atom. The number of nitrogens with one attached hydrogen (secondary N) is 2. The van der Waals surface area contributed by atoms with Crippen molar-refractivity contribution >= 4 is 33.3 Å². The Labute approximate surface area is 178 Å². The molecule has 2 heterocycles. The van der Waals surface area contributed by atoms with E-state index in [0.717, 1.165) is 34.4 Å². The van der Waals surface area contributed by atoms with Crippen molar-refractivity contribution in [3.8, 4) is 22.8 Å². The standard InChI is InChI=1S/C21H16F3N3O3S/c1-29-16-8-12(21(22,23)24)9-17(30-2)18(16)15-10-31-20(26-15)27-19(28)14-7-11-5-3-4-6-13(11)25-14/h3-10,25H,1-2H3,(H,26,27,28). The Hall–Kier alpha value is -3.53. The summed E-state index contributed by atoms with van der Waals surface area (Å²) in [6.07, 6.45) is -4.56. The Morgan fingerprint density at radius 1 is 1.10 bits per heavy atom.